The number of ether oxygens (including phenoxy) is 2. The van der Waals surface area contributed by atoms with Crippen molar-refractivity contribution < 1.29 is 14.3 Å². The van der Waals surface area contributed by atoms with Crippen LogP contribution in [0.15, 0.2) is 91.3 Å². The molecular weight excluding hydrogens is 484 g/mol. The highest BCUT2D eigenvalue weighted by molar-refractivity contribution is 7.80. The number of rotatable bonds is 7. The van der Waals surface area contributed by atoms with Crippen LogP contribution in [0.1, 0.15) is 47.7 Å². The third-order valence-corrected chi connectivity index (χ3v) is 6.55. The van der Waals surface area contributed by atoms with Gasteiger partial charge in [0.1, 0.15) is 11.8 Å². The number of hydrogen-bond donors (Lipinski definition) is 1. The first-order valence-electron chi connectivity index (χ1n) is 12.1. The highest BCUT2D eigenvalue weighted by Gasteiger charge is 2.42. The summed E-state index contributed by atoms with van der Waals surface area (Å²) in [5, 5.41) is 4.08. The monoisotopic (exact) mass is 512 g/mol. The Hall–Kier alpha value is -4.17. The first-order chi connectivity index (χ1) is 18.0. The van der Waals surface area contributed by atoms with Crippen LogP contribution in [-0.2, 0) is 4.74 Å². The predicted molar refractivity (Wildman–Crippen MR) is 147 cm³/mol. The lowest BCUT2D eigenvalue weighted by atomic mass is 10.0. The Morgan fingerprint density at radius 3 is 2.46 bits per heavy atom. The molecule has 1 N–H and O–H groups in total. The Morgan fingerprint density at radius 1 is 1.00 bits per heavy atom. The number of carbonyl (C=O) groups excluding carboxylic acids is 1. The highest BCUT2D eigenvalue weighted by Crippen LogP contribution is 2.42. The topological polar surface area (TPSA) is 68.6 Å². The van der Waals surface area contributed by atoms with E-state index in [0.29, 0.717) is 10.7 Å². The average molecular weight is 513 g/mol. The van der Waals surface area contributed by atoms with Crippen molar-refractivity contribution in [2.45, 2.75) is 32.0 Å². The molecule has 3 heterocycles. The highest BCUT2D eigenvalue weighted by atomic mass is 32.1. The maximum absolute atomic E-state index is 12.6. The van der Waals surface area contributed by atoms with Crippen molar-refractivity contribution in [3.8, 4) is 11.4 Å². The van der Waals surface area contributed by atoms with Gasteiger partial charge in [-0.25, -0.2) is 4.79 Å². The van der Waals surface area contributed by atoms with Gasteiger partial charge in [0.05, 0.1) is 36.2 Å². The molecule has 1 saturated heterocycles. The molecule has 0 aliphatic carbocycles. The fraction of sp³-hybridized carbons (Fsp3) is 0.207. The van der Waals surface area contributed by atoms with Crippen LogP contribution in [0.2, 0.25) is 0 Å². The first-order valence-corrected chi connectivity index (χ1v) is 12.5. The van der Waals surface area contributed by atoms with E-state index in [-0.39, 0.29) is 18.2 Å². The van der Waals surface area contributed by atoms with Crippen molar-refractivity contribution in [2.24, 2.45) is 0 Å². The average Bonchev–Trinajstić information content (AvgIpc) is 3.53. The second-order valence-electron chi connectivity index (χ2n) is 8.97. The lowest BCUT2D eigenvalue weighted by molar-refractivity contribution is 0.0600. The molecule has 37 heavy (non-hydrogen) atoms. The number of aromatic nitrogens is 2. The summed E-state index contributed by atoms with van der Waals surface area (Å²) in [5.74, 6) is 0.402. The number of esters is 1. The van der Waals surface area contributed by atoms with E-state index in [0.717, 1.165) is 28.5 Å². The number of carbonyl (C=O) groups is 1. The summed E-state index contributed by atoms with van der Waals surface area (Å²) in [6.07, 6.45) is 3.81. The molecule has 0 radical (unpaired) electrons. The van der Waals surface area contributed by atoms with Crippen LogP contribution < -0.4 is 15.0 Å². The molecule has 8 heteroatoms. The van der Waals surface area contributed by atoms with Crippen LogP contribution in [0.25, 0.3) is 5.69 Å². The lowest BCUT2D eigenvalue weighted by Gasteiger charge is -2.29. The molecule has 1 aliphatic heterocycles. The van der Waals surface area contributed by atoms with Gasteiger partial charge in [-0.15, -0.1) is 0 Å². The van der Waals surface area contributed by atoms with E-state index in [2.05, 4.69) is 15.2 Å². The SMILES string of the molecule is COC(=O)c1ccccc1-n1cccc1C1C(c2ccccn2)NC(=S)N1c1ccc(OC(C)C)cc1. The Kier molecular flexibility index (Phi) is 6.92. The standard InChI is InChI=1S/C29H28N4O3S/c1-19(2)36-21-15-13-20(14-16-21)33-27(26(31-29(33)37)23-10-6-7-17-30-23)25-12-8-18-32(25)24-11-5-4-9-22(24)28(34)35-3/h4-19,26-27H,1-3H3,(H,31,37). The largest absolute Gasteiger partial charge is 0.491 e. The normalized spacial score (nSPS) is 17.1. The molecule has 1 aliphatic rings. The van der Waals surface area contributed by atoms with E-state index in [1.807, 2.05) is 97.4 Å². The van der Waals surface area contributed by atoms with Gasteiger partial charge in [-0.2, -0.15) is 0 Å². The number of methoxy groups -OCH3 is 1. The summed E-state index contributed by atoms with van der Waals surface area (Å²) in [6, 6.07) is 24.7. The molecule has 2 aromatic carbocycles. The van der Waals surface area contributed by atoms with Crippen LogP contribution in [0.5, 0.6) is 5.75 Å². The summed E-state index contributed by atoms with van der Waals surface area (Å²) >= 11 is 5.87. The zero-order valence-electron chi connectivity index (χ0n) is 20.9. The molecular formula is C29H28N4O3S. The Labute approximate surface area is 221 Å². The van der Waals surface area contributed by atoms with E-state index < -0.39 is 5.97 Å². The third kappa shape index (κ3) is 4.80. The smallest absolute Gasteiger partial charge is 0.339 e. The van der Waals surface area contributed by atoms with Crippen molar-refractivity contribution in [1.29, 1.82) is 0 Å². The number of benzene rings is 2. The number of hydrogen-bond acceptors (Lipinski definition) is 5. The van der Waals surface area contributed by atoms with Crippen molar-refractivity contribution in [2.75, 3.05) is 12.0 Å². The van der Waals surface area contributed by atoms with E-state index >= 15 is 0 Å². The van der Waals surface area contributed by atoms with Crippen LogP contribution in [0.3, 0.4) is 0 Å². The molecule has 2 atom stereocenters. The first kappa shape index (κ1) is 24.5. The van der Waals surface area contributed by atoms with Gasteiger partial charge in [0.2, 0.25) is 0 Å². The molecule has 0 bridgehead atoms. The zero-order chi connectivity index (χ0) is 25.9. The summed E-state index contributed by atoms with van der Waals surface area (Å²) in [4.78, 5) is 19.3. The van der Waals surface area contributed by atoms with Gasteiger partial charge < -0.3 is 24.3 Å². The van der Waals surface area contributed by atoms with Gasteiger partial charge in [-0.3, -0.25) is 4.98 Å². The van der Waals surface area contributed by atoms with Gasteiger partial charge >= 0.3 is 5.97 Å². The fourth-order valence-corrected chi connectivity index (χ4v) is 5.06. The number of nitrogens with one attached hydrogen (secondary N) is 1. The van der Waals surface area contributed by atoms with Gasteiger partial charge in [0, 0.05) is 23.8 Å². The zero-order valence-corrected chi connectivity index (χ0v) is 21.7. The van der Waals surface area contributed by atoms with Crippen LogP contribution in [0.4, 0.5) is 5.69 Å². The van der Waals surface area contributed by atoms with Crippen LogP contribution >= 0.6 is 12.2 Å². The minimum absolute atomic E-state index is 0.0832. The minimum atomic E-state index is -0.394. The molecule has 2 aromatic heterocycles. The molecule has 4 aromatic rings. The molecule has 0 amide bonds. The van der Waals surface area contributed by atoms with Crippen molar-refractivity contribution >= 4 is 29.0 Å². The summed E-state index contributed by atoms with van der Waals surface area (Å²) in [7, 11) is 1.39. The Balaban J connectivity index is 1.64. The summed E-state index contributed by atoms with van der Waals surface area (Å²) in [6.45, 7) is 4.00. The second-order valence-corrected chi connectivity index (χ2v) is 9.36. The maximum atomic E-state index is 12.6. The number of thiocarbonyl (C=S) groups is 1. The van der Waals surface area contributed by atoms with Crippen LogP contribution in [0, 0.1) is 0 Å². The molecule has 188 valence electrons. The number of pyridine rings is 1. The van der Waals surface area contributed by atoms with E-state index in [1.165, 1.54) is 7.11 Å². The Morgan fingerprint density at radius 2 is 1.76 bits per heavy atom. The minimum Gasteiger partial charge on any atom is -0.491 e. The van der Waals surface area contributed by atoms with E-state index in [1.54, 1.807) is 12.3 Å². The van der Waals surface area contributed by atoms with Crippen molar-refractivity contribution in [1.82, 2.24) is 14.9 Å². The molecule has 2 unspecified atom stereocenters. The van der Waals surface area contributed by atoms with Crippen molar-refractivity contribution in [3.63, 3.8) is 0 Å². The summed E-state index contributed by atoms with van der Waals surface area (Å²) in [5.41, 5.74) is 3.94. The van der Waals surface area contributed by atoms with E-state index in [9.17, 15) is 4.79 Å². The maximum Gasteiger partial charge on any atom is 0.339 e. The molecule has 7 nitrogen and oxygen atoms in total. The van der Waals surface area contributed by atoms with Crippen molar-refractivity contribution in [3.05, 3.63) is 108 Å². The van der Waals surface area contributed by atoms with Gasteiger partial charge in [0.15, 0.2) is 5.11 Å². The molecule has 0 saturated carbocycles. The second kappa shape index (κ2) is 10.4. The number of anilines is 1. The Bertz CT molecular complexity index is 1400. The molecule has 5 rings (SSSR count). The fourth-order valence-electron chi connectivity index (χ4n) is 4.71. The predicted octanol–water partition coefficient (Wildman–Crippen LogP) is 5.62. The molecule has 1 fully saturated rings. The third-order valence-electron chi connectivity index (χ3n) is 6.24. The number of nitrogens with zero attached hydrogens (tertiary/aromatic N) is 3. The quantitative estimate of drug-likeness (QED) is 0.254. The van der Waals surface area contributed by atoms with Gasteiger partial charge in [-0.1, -0.05) is 18.2 Å². The number of para-hydroxylation sites is 1. The van der Waals surface area contributed by atoms with E-state index in [4.69, 9.17) is 21.7 Å². The lowest BCUT2D eigenvalue weighted by Crippen LogP contribution is -2.30. The summed E-state index contributed by atoms with van der Waals surface area (Å²) < 4.78 is 12.9. The molecule has 0 spiro atoms. The van der Waals surface area contributed by atoms with Gasteiger partial charge in [0.25, 0.3) is 0 Å². The van der Waals surface area contributed by atoms with Gasteiger partial charge in [-0.05, 0) is 86.7 Å². The van der Waals surface area contributed by atoms with Crippen LogP contribution in [-0.4, -0.2) is 33.8 Å².